The van der Waals surface area contributed by atoms with E-state index < -0.39 is 7.80 Å². The second-order valence-corrected chi connectivity index (χ2v) is 7.29. The fraction of sp³-hybridized carbons (Fsp3) is 0.278. The Morgan fingerprint density at radius 3 is 2.18 bits per heavy atom. The minimum absolute atomic E-state index is 0.0221. The van der Waals surface area contributed by atoms with Crippen LogP contribution in [0, 0.1) is 5.92 Å². The van der Waals surface area contributed by atoms with E-state index in [-0.39, 0.29) is 5.91 Å². The van der Waals surface area contributed by atoms with Gasteiger partial charge < -0.3 is 5.32 Å². The summed E-state index contributed by atoms with van der Waals surface area (Å²) in [5.41, 5.74) is 0.932. The third-order valence-corrected chi connectivity index (χ3v) is 4.77. The Balaban J connectivity index is 1.98. The molecule has 0 bridgehead atoms. The molecule has 0 saturated heterocycles. The molecule has 1 atom stereocenters. The highest BCUT2D eigenvalue weighted by Gasteiger charge is 2.22. The molecule has 2 rings (SSSR count). The van der Waals surface area contributed by atoms with Gasteiger partial charge in [-0.2, -0.15) is 0 Å². The number of hydrogen-bond acceptors (Lipinski definition) is 2. The summed E-state index contributed by atoms with van der Waals surface area (Å²) in [4.78, 5) is 11.8. The summed E-state index contributed by atoms with van der Waals surface area (Å²) in [6, 6.07) is 16.9. The van der Waals surface area contributed by atoms with Crippen molar-refractivity contribution in [1.29, 1.82) is 0 Å². The monoisotopic (exact) mass is 314 g/mol. The van der Waals surface area contributed by atoms with Crippen molar-refractivity contribution in [2.45, 2.75) is 20.3 Å². The molecule has 0 heterocycles. The maximum Gasteiger partial charge on any atom is 0.415 e. The summed E-state index contributed by atoms with van der Waals surface area (Å²) in [5.74, 6) is 0.468. The lowest BCUT2D eigenvalue weighted by molar-refractivity contribution is -0.120. The van der Waals surface area contributed by atoms with Crippen LogP contribution in [0.1, 0.15) is 19.4 Å². The van der Waals surface area contributed by atoms with Crippen LogP contribution in [0.25, 0.3) is 0 Å². The standard InChI is InChI=1S/C18H20NO2P/c1-14(2)13-19-18(20)12-15-8-10-17(11-9-15)22(21)16-6-4-3-5-7-16/h3-11,14H,12-13H2,1-2H3/p+1. The van der Waals surface area contributed by atoms with Crippen molar-refractivity contribution in [3.05, 3.63) is 60.2 Å². The Kier molecular flexibility index (Phi) is 5.85. The lowest BCUT2D eigenvalue weighted by atomic mass is 10.1. The van der Waals surface area contributed by atoms with Gasteiger partial charge in [0, 0.05) is 6.54 Å². The largest absolute Gasteiger partial charge is 0.415 e. The zero-order chi connectivity index (χ0) is 15.9. The summed E-state index contributed by atoms with van der Waals surface area (Å²) in [6.07, 6.45) is 0.356. The fourth-order valence-corrected chi connectivity index (χ4v) is 3.19. The van der Waals surface area contributed by atoms with Crippen LogP contribution in [0.2, 0.25) is 0 Å². The summed E-state index contributed by atoms with van der Waals surface area (Å²) < 4.78 is 12.4. The van der Waals surface area contributed by atoms with Crippen molar-refractivity contribution in [3.63, 3.8) is 0 Å². The number of hydrogen-bond donors (Lipinski definition) is 1. The molecule has 22 heavy (non-hydrogen) atoms. The molecule has 0 fully saturated rings. The molecule has 0 spiro atoms. The number of amides is 1. The summed E-state index contributed by atoms with van der Waals surface area (Å²) in [5, 5.41) is 4.50. The van der Waals surface area contributed by atoms with Crippen LogP contribution in [0.4, 0.5) is 0 Å². The van der Waals surface area contributed by atoms with Crippen molar-refractivity contribution >= 4 is 24.3 Å². The molecule has 114 valence electrons. The Hall–Kier alpha value is -1.99. The van der Waals surface area contributed by atoms with Gasteiger partial charge in [-0.1, -0.05) is 48.7 Å². The van der Waals surface area contributed by atoms with Crippen LogP contribution in [0.3, 0.4) is 0 Å². The van der Waals surface area contributed by atoms with Crippen LogP contribution >= 0.6 is 7.80 Å². The van der Waals surface area contributed by atoms with Crippen LogP contribution in [-0.4, -0.2) is 12.5 Å². The Morgan fingerprint density at radius 1 is 1.00 bits per heavy atom. The molecule has 0 saturated carbocycles. The molecule has 4 heteroatoms. The predicted octanol–water partition coefficient (Wildman–Crippen LogP) is 2.78. The average molecular weight is 314 g/mol. The minimum atomic E-state index is -1.57. The van der Waals surface area contributed by atoms with Gasteiger partial charge in [-0.05, 0) is 35.7 Å². The van der Waals surface area contributed by atoms with Crippen molar-refractivity contribution in [2.24, 2.45) is 5.92 Å². The van der Waals surface area contributed by atoms with E-state index >= 15 is 0 Å². The van der Waals surface area contributed by atoms with E-state index in [0.29, 0.717) is 18.9 Å². The van der Waals surface area contributed by atoms with Gasteiger partial charge in [-0.15, -0.1) is 0 Å². The molecular formula is C18H21NO2P+. The minimum Gasteiger partial charge on any atom is -0.356 e. The highest BCUT2D eigenvalue weighted by Crippen LogP contribution is 2.19. The number of nitrogens with one attached hydrogen (secondary N) is 1. The van der Waals surface area contributed by atoms with E-state index in [0.717, 1.165) is 16.2 Å². The van der Waals surface area contributed by atoms with Gasteiger partial charge in [0.05, 0.1) is 6.42 Å². The Morgan fingerprint density at radius 2 is 1.59 bits per heavy atom. The van der Waals surface area contributed by atoms with Crippen molar-refractivity contribution in [3.8, 4) is 0 Å². The van der Waals surface area contributed by atoms with E-state index in [1.54, 1.807) is 0 Å². The van der Waals surface area contributed by atoms with E-state index in [1.165, 1.54) is 0 Å². The number of carbonyl (C=O) groups is 1. The molecule has 0 aliphatic carbocycles. The second kappa shape index (κ2) is 7.86. The topological polar surface area (TPSA) is 46.2 Å². The van der Waals surface area contributed by atoms with Crippen molar-refractivity contribution < 1.29 is 9.36 Å². The van der Waals surface area contributed by atoms with Gasteiger partial charge in [0.15, 0.2) is 10.6 Å². The molecule has 0 aliphatic heterocycles. The molecule has 1 N–H and O–H groups in total. The SMILES string of the molecule is CC(C)CNC(=O)Cc1ccc([P+](=O)c2ccccc2)cc1. The van der Waals surface area contributed by atoms with Crippen LogP contribution < -0.4 is 15.9 Å². The molecule has 0 radical (unpaired) electrons. The first-order valence-electron chi connectivity index (χ1n) is 7.44. The number of rotatable bonds is 6. The maximum atomic E-state index is 12.4. The van der Waals surface area contributed by atoms with E-state index in [4.69, 9.17) is 0 Å². The second-order valence-electron chi connectivity index (χ2n) is 5.67. The zero-order valence-electron chi connectivity index (χ0n) is 13.0. The molecule has 0 aliphatic rings. The van der Waals surface area contributed by atoms with E-state index in [9.17, 15) is 9.36 Å². The van der Waals surface area contributed by atoms with Crippen molar-refractivity contribution in [1.82, 2.24) is 5.32 Å². The van der Waals surface area contributed by atoms with Crippen LogP contribution in [0.15, 0.2) is 54.6 Å². The highest BCUT2D eigenvalue weighted by atomic mass is 31.1. The normalized spacial score (nSPS) is 11.3. The molecule has 1 unspecified atom stereocenters. The lowest BCUT2D eigenvalue weighted by Gasteiger charge is -2.07. The Bertz CT molecular complexity index is 636. The van der Waals surface area contributed by atoms with Gasteiger partial charge in [-0.3, -0.25) is 4.79 Å². The Labute approximate surface area is 132 Å². The molecule has 1 amide bonds. The molecule has 2 aromatic carbocycles. The smallest absolute Gasteiger partial charge is 0.356 e. The summed E-state index contributed by atoms with van der Waals surface area (Å²) in [7, 11) is -1.57. The fourth-order valence-electron chi connectivity index (χ4n) is 2.03. The average Bonchev–Trinajstić information content (AvgIpc) is 2.54. The first-order chi connectivity index (χ1) is 10.6. The quantitative estimate of drug-likeness (QED) is 0.833. The first kappa shape index (κ1) is 16.4. The maximum absolute atomic E-state index is 12.4. The van der Waals surface area contributed by atoms with Crippen LogP contribution in [0.5, 0.6) is 0 Å². The summed E-state index contributed by atoms with van der Waals surface area (Å²) in [6.45, 7) is 4.82. The van der Waals surface area contributed by atoms with Crippen LogP contribution in [-0.2, 0) is 15.8 Å². The number of benzene rings is 2. The lowest BCUT2D eigenvalue weighted by Crippen LogP contribution is -2.28. The first-order valence-corrected chi connectivity index (χ1v) is 8.70. The van der Waals surface area contributed by atoms with Gasteiger partial charge >= 0.3 is 7.80 Å². The molecule has 0 aromatic heterocycles. The van der Waals surface area contributed by atoms with Crippen molar-refractivity contribution in [2.75, 3.05) is 6.54 Å². The van der Waals surface area contributed by atoms with Gasteiger partial charge in [0.1, 0.15) is 0 Å². The van der Waals surface area contributed by atoms with Gasteiger partial charge in [0.25, 0.3) is 0 Å². The molecule has 2 aromatic rings. The van der Waals surface area contributed by atoms with E-state index in [2.05, 4.69) is 19.2 Å². The third-order valence-electron chi connectivity index (χ3n) is 3.23. The summed E-state index contributed by atoms with van der Waals surface area (Å²) >= 11 is 0. The molecular weight excluding hydrogens is 293 g/mol. The molecule has 3 nitrogen and oxygen atoms in total. The third kappa shape index (κ3) is 4.78. The number of carbonyl (C=O) groups excluding carboxylic acids is 1. The van der Waals surface area contributed by atoms with Gasteiger partial charge in [-0.25, -0.2) is 0 Å². The zero-order valence-corrected chi connectivity index (χ0v) is 13.8. The van der Waals surface area contributed by atoms with E-state index in [1.807, 2.05) is 54.6 Å². The predicted molar refractivity (Wildman–Crippen MR) is 91.3 cm³/mol. The highest BCUT2D eigenvalue weighted by molar-refractivity contribution is 7.61. The van der Waals surface area contributed by atoms with Gasteiger partial charge in [0.2, 0.25) is 5.91 Å².